The lowest BCUT2D eigenvalue weighted by Crippen LogP contribution is -2.66. The summed E-state index contributed by atoms with van der Waals surface area (Å²) in [5, 5.41) is 16.1. The van der Waals surface area contributed by atoms with E-state index in [-0.39, 0.29) is 10.1 Å². The van der Waals surface area contributed by atoms with Gasteiger partial charge in [-0.2, -0.15) is 0 Å². The van der Waals surface area contributed by atoms with Crippen LogP contribution in [0.25, 0.3) is 0 Å². The van der Waals surface area contributed by atoms with Crippen LogP contribution in [0.5, 0.6) is 0 Å². The van der Waals surface area contributed by atoms with Gasteiger partial charge in [-0.1, -0.05) is 163 Å². The Morgan fingerprint density at radius 3 is 0.929 bits per heavy atom. The molecule has 4 rings (SSSR count). The molecule has 0 aliphatic rings. The van der Waals surface area contributed by atoms with Gasteiger partial charge in [0.2, 0.25) is 0 Å². The minimum absolute atomic E-state index is 0.0902. The Morgan fingerprint density at radius 1 is 0.476 bits per heavy atom. The molecule has 0 saturated carbocycles. The third-order valence-electron chi connectivity index (χ3n) is 8.37. The van der Waals surface area contributed by atoms with Crippen molar-refractivity contribution in [3.8, 4) is 0 Å². The summed E-state index contributed by atoms with van der Waals surface area (Å²) in [5.41, 5.74) is 0. The van der Waals surface area contributed by atoms with E-state index in [0.29, 0.717) is 26.1 Å². The molecule has 4 aromatic carbocycles. The first-order valence-corrected chi connectivity index (χ1v) is 19.0. The van der Waals surface area contributed by atoms with E-state index in [2.05, 4.69) is 163 Å². The highest BCUT2D eigenvalue weighted by molar-refractivity contribution is 7.00. The van der Waals surface area contributed by atoms with Crippen LogP contribution in [0.4, 0.5) is 0 Å². The number of hydrogen-bond donors (Lipinski definition) is 1. The molecule has 0 spiro atoms. The zero-order valence-electron chi connectivity index (χ0n) is 26.2. The van der Waals surface area contributed by atoms with Crippen LogP contribution in [0.15, 0.2) is 121 Å². The first-order valence-electron chi connectivity index (χ1n) is 15.2. The average Bonchev–Trinajstić information content (AvgIpc) is 2.98. The minimum Gasteiger partial charge on any atom is -0.407 e. The third kappa shape index (κ3) is 6.71. The van der Waals surface area contributed by atoms with E-state index in [9.17, 15) is 5.11 Å². The van der Waals surface area contributed by atoms with Gasteiger partial charge in [0.05, 0.1) is 6.10 Å². The number of hydrogen-bond acceptors (Lipinski definition) is 3. The maximum absolute atomic E-state index is 11.2. The first kappa shape index (κ1) is 32.1. The van der Waals surface area contributed by atoms with Crippen LogP contribution in [0.2, 0.25) is 10.1 Å². The van der Waals surface area contributed by atoms with Crippen LogP contribution < -0.4 is 20.7 Å². The average molecular weight is 597 g/mol. The van der Waals surface area contributed by atoms with Crippen molar-refractivity contribution < 1.29 is 14.0 Å². The molecule has 1 N–H and O–H groups in total. The van der Waals surface area contributed by atoms with E-state index in [1.807, 2.05) is 0 Å². The highest BCUT2D eigenvalue weighted by atomic mass is 28.4. The molecule has 0 radical (unpaired) electrons. The molecule has 0 atom stereocenters. The molecule has 0 aliphatic heterocycles. The van der Waals surface area contributed by atoms with Gasteiger partial charge in [-0.05, 0) is 43.7 Å². The smallest absolute Gasteiger partial charge is 0.261 e. The van der Waals surface area contributed by atoms with Crippen molar-refractivity contribution in [2.75, 3.05) is 13.2 Å². The Morgan fingerprint density at radius 2 is 0.714 bits per heavy atom. The van der Waals surface area contributed by atoms with E-state index in [1.165, 1.54) is 20.7 Å². The van der Waals surface area contributed by atoms with Gasteiger partial charge in [-0.15, -0.1) is 0 Å². The van der Waals surface area contributed by atoms with Gasteiger partial charge < -0.3 is 14.0 Å². The number of benzene rings is 4. The lowest BCUT2D eigenvalue weighted by atomic mass is 10.2. The molecule has 42 heavy (non-hydrogen) atoms. The van der Waals surface area contributed by atoms with Gasteiger partial charge in [0, 0.05) is 13.2 Å². The summed E-state index contributed by atoms with van der Waals surface area (Å²) in [4.78, 5) is 0. The van der Waals surface area contributed by atoms with E-state index in [0.717, 1.165) is 0 Å². The molecule has 0 aliphatic carbocycles. The molecule has 0 saturated heterocycles. The third-order valence-corrected chi connectivity index (χ3v) is 18.5. The highest BCUT2D eigenvalue weighted by Crippen LogP contribution is 2.38. The Kier molecular flexibility index (Phi) is 10.4. The van der Waals surface area contributed by atoms with Gasteiger partial charge in [-0.25, -0.2) is 0 Å². The number of aliphatic hydroxyl groups is 1. The lowest BCUT2D eigenvalue weighted by molar-refractivity contribution is 0.109. The fourth-order valence-electron chi connectivity index (χ4n) is 6.36. The van der Waals surface area contributed by atoms with Gasteiger partial charge in [0.1, 0.15) is 0 Å². The van der Waals surface area contributed by atoms with Gasteiger partial charge in [0.25, 0.3) is 16.6 Å². The Labute approximate surface area is 255 Å². The molecular formula is C37H48O3Si2. The van der Waals surface area contributed by atoms with Gasteiger partial charge >= 0.3 is 0 Å². The van der Waals surface area contributed by atoms with Crippen LogP contribution in [-0.4, -0.2) is 41.1 Å². The molecule has 0 aromatic heterocycles. The summed E-state index contributed by atoms with van der Waals surface area (Å²) in [6, 6.07) is 42.7. The van der Waals surface area contributed by atoms with Crippen LogP contribution in [0.3, 0.4) is 0 Å². The molecule has 0 fully saturated rings. The Bertz CT molecular complexity index is 1160. The molecule has 4 aromatic rings. The fraction of sp³-hybridized carbons (Fsp3) is 0.351. The molecule has 0 unspecified atom stereocenters. The second-order valence-electron chi connectivity index (χ2n) is 13.3. The summed E-state index contributed by atoms with van der Waals surface area (Å²) in [7, 11) is -5.25. The zero-order valence-corrected chi connectivity index (χ0v) is 28.2. The highest BCUT2D eigenvalue weighted by Gasteiger charge is 2.51. The monoisotopic (exact) mass is 596 g/mol. The maximum atomic E-state index is 11.2. The van der Waals surface area contributed by atoms with Crippen LogP contribution >= 0.6 is 0 Å². The number of rotatable bonds is 12. The summed E-state index contributed by atoms with van der Waals surface area (Å²) in [5.74, 6) is 0. The molecular weight excluding hydrogens is 549 g/mol. The largest absolute Gasteiger partial charge is 0.407 e. The molecule has 0 heterocycles. The maximum Gasteiger partial charge on any atom is 0.261 e. The Balaban J connectivity index is 1.51. The normalized spacial score (nSPS) is 13.0. The summed E-state index contributed by atoms with van der Waals surface area (Å²) in [6.45, 7) is 14.7. The van der Waals surface area contributed by atoms with E-state index in [1.54, 1.807) is 0 Å². The number of aliphatic hydroxyl groups excluding tert-OH is 1. The van der Waals surface area contributed by atoms with Crippen molar-refractivity contribution in [1.29, 1.82) is 0 Å². The first-order chi connectivity index (χ1) is 20.0. The SMILES string of the molecule is CC(C)(C)[Si](OCCC(O)CCO[Si](c1ccccc1)(c1ccccc1)C(C)(C)C)(c1ccccc1)c1ccccc1. The van der Waals surface area contributed by atoms with Crippen LogP contribution in [0, 0.1) is 0 Å². The lowest BCUT2D eigenvalue weighted by Gasteiger charge is -2.43. The minimum atomic E-state index is -2.63. The topological polar surface area (TPSA) is 38.7 Å². The van der Waals surface area contributed by atoms with Crippen molar-refractivity contribution in [3.05, 3.63) is 121 Å². The second-order valence-corrected chi connectivity index (χ2v) is 21.9. The zero-order chi connectivity index (χ0) is 30.3. The molecule has 0 amide bonds. The van der Waals surface area contributed by atoms with Crippen molar-refractivity contribution in [3.63, 3.8) is 0 Å². The Hall–Kier alpha value is -2.81. The molecule has 222 valence electrons. The van der Waals surface area contributed by atoms with Gasteiger partial charge in [-0.3, -0.25) is 0 Å². The predicted octanol–water partition coefficient (Wildman–Crippen LogP) is 6.28. The van der Waals surface area contributed by atoms with E-state index < -0.39 is 22.7 Å². The summed E-state index contributed by atoms with van der Waals surface area (Å²) < 4.78 is 14.0. The molecule has 3 nitrogen and oxygen atoms in total. The molecule has 0 bridgehead atoms. The van der Waals surface area contributed by atoms with Crippen molar-refractivity contribution in [2.24, 2.45) is 0 Å². The fourth-order valence-corrected chi connectivity index (χ4v) is 15.5. The standard InChI is InChI=1S/C37H48O3Si2/c1-36(2,3)41(32-19-11-7-12-20-32,33-21-13-8-14-22-33)39-29-27-31(38)28-30-40-42(37(4,5)6,34-23-15-9-16-24-34)35-25-17-10-18-26-35/h7-26,31,38H,27-30H2,1-6H3. The predicted molar refractivity (Wildman–Crippen MR) is 182 cm³/mol. The van der Waals surface area contributed by atoms with E-state index >= 15 is 0 Å². The second kappa shape index (κ2) is 13.7. The van der Waals surface area contributed by atoms with E-state index in [4.69, 9.17) is 8.85 Å². The summed E-state index contributed by atoms with van der Waals surface area (Å²) >= 11 is 0. The van der Waals surface area contributed by atoms with Crippen LogP contribution in [0.1, 0.15) is 54.4 Å². The van der Waals surface area contributed by atoms with Crippen molar-refractivity contribution in [1.82, 2.24) is 0 Å². The molecule has 5 heteroatoms. The summed E-state index contributed by atoms with van der Waals surface area (Å²) in [6.07, 6.45) is 0.616. The van der Waals surface area contributed by atoms with Crippen molar-refractivity contribution >= 4 is 37.4 Å². The van der Waals surface area contributed by atoms with Crippen molar-refractivity contribution in [2.45, 2.75) is 70.6 Å². The van der Waals surface area contributed by atoms with Crippen LogP contribution in [-0.2, 0) is 8.85 Å². The quantitative estimate of drug-likeness (QED) is 0.196. The van der Waals surface area contributed by atoms with Gasteiger partial charge in [0.15, 0.2) is 0 Å².